The quantitative estimate of drug-likeness (QED) is 0.0770. The second kappa shape index (κ2) is 17.3. The van der Waals surface area contributed by atoms with E-state index in [2.05, 4.69) is 59.8 Å². The van der Waals surface area contributed by atoms with E-state index in [4.69, 9.17) is 4.89 Å². The summed E-state index contributed by atoms with van der Waals surface area (Å²) >= 11 is 0. The molecule has 0 aromatic heterocycles. The van der Waals surface area contributed by atoms with Crippen LogP contribution in [0.3, 0.4) is 0 Å². The molecule has 0 aliphatic heterocycles. The maximum atomic E-state index is 16.5. The summed E-state index contributed by atoms with van der Waals surface area (Å²) in [5.41, 5.74) is -1.49. The van der Waals surface area contributed by atoms with Gasteiger partial charge in [-0.15, -0.1) is 0 Å². The highest BCUT2D eigenvalue weighted by atomic mass is 17.1. The van der Waals surface area contributed by atoms with Gasteiger partial charge in [0.1, 0.15) is 5.60 Å². The predicted octanol–water partition coefficient (Wildman–Crippen LogP) is 12.4. The molecule has 2 bridgehead atoms. The Morgan fingerprint density at radius 2 is 1.41 bits per heavy atom. The third kappa shape index (κ3) is 7.88. The highest BCUT2D eigenvalue weighted by Crippen LogP contribution is 2.70. The molecule has 3 fully saturated rings. The number of rotatable bonds is 15. The average Bonchev–Trinajstić information content (AvgIpc) is 3.11. The summed E-state index contributed by atoms with van der Waals surface area (Å²) in [6, 6.07) is 0. The van der Waals surface area contributed by atoms with E-state index in [1.807, 2.05) is 67.5 Å². The van der Waals surface area contributed by atoms with Crippen LogP contribution in [0.2, 0.25) is 0 Å². The molecule has 4 aliphatic rings. The predicted molar refractivity (Wildman–Crippen MR) is 228 cm³/mol. The van der Waals surface area contributed by atoms with E-state index in [0.29, 0.717) is 43.9 Å². The molecule has 312 valence electrons. The molecular weight excluding hydrogens is 697 g/mol. The van der Waals surface area contributed by atoms with E-state index in [0.717, 1.165) is 47.1 Å². The Hall–Kier alpha value is -2.70. The summed E-state index contributed by atoms with van der Waals surface area (Å²) < 4.78 is 0. The van der Waals surface area contributed by atoms with Crippen LogP contribution < -0.4 is 0 Å². The zero-order chi connectivity index (χ0) is 42.2. The lowest BCUT2D eigenvalue weighted by atomic mass is 9.33. The maximum absolute atomic E-state index is 16.5. The fraction of sp³-hybridized carbons (Fsp3) is 0.720. The lowest BCUT2D eigenvalue weighted by Crippen LogP contribution is -2.77. The Balaban J connectivity index is 2.13. The minimum Gasteiger partial charge on any atom is -0.298 e. The van der Waals surface area contributed by atoms with Crippen LogP contribution in [0.15, 0.2) is 58.2 Å². The van der Waals surface area contributed by atoms with Crippen LogP contribution in [0.1, 0.15) is 168 Å². The molecule has 6 heteroatoms. The molecule has 0 heterocycles. The van der Waals surface area contributed by atoms with E-state index in [9.17, 15) is 5.26 Å². The second-order valence-electron chi connectivity index (χ2n) is 20.6. The first kappa shape index (κ1) is 46.0. The minimum absolute atomic E-state index is 0.0944. The average molecular weight is 773 g/mol. The van der Waals surface area contributed by atoms with Crippen molar-refractivity contribution in [3.05, 3.63) is 58.2 Å². The molecule has 0 unspecified atom stereocenters. The number of allylic oxidation sites excluding steroid dienone is 10. The zero-order valence-electron chi connectivity index (χ0n) is 37.6. The number of carbonyl (C=O) groups is 4. The van der Waals surface area contributed by atoms with Crippen LogP contribution in [0, 0.1) is 57.2 Å². The Labute approximate surface area is 340 Å². The van der Waals surface area contributed by atoms with Gasteiger partial charge >= 0.3 is 0 Å². The van der Waals surface area contributed by atoms with Gasteiger partial charge in [0.05, 0.1) is 10.8 Å². The minimum atomic E-state index is -1.99. The third-order valence-electron chi connectivity index (χ3n) is 14.9. The molecule has 6 nitrogen and oxygen atoms in total. The Morgan fingerprint density at radius 1 is 0.821 bits per heavy atom. The normalized spacial score (nSPS) is 35.4. The van der Waals surface area contributed by atoms with Crippen LogP contribution in [-0.2, 0) is 24.1 Å². The van der Waals surface area contributed by atoms with Crippen molar-refractivity contribution in [3.63, 3.8) is 0 Å². The Kier molecular flexibility index (Phi) is 14.2. The first-order chi connectivity index (χ1) is 26.0. The fourth-order valence-corrected chi connectivity index (χ4v) is 11.7. The molecule has 4 aliphatic carbocycles. The molecule has 0 spiro atoms. The Bertz CT molecular complexity index is 1690. The molecule has 4 rings (SSSR count). The van der Waals surface area contributed by atoms with Crippen molar-refractivity contribution in [2.45, 2.75) is 173 Å². The van der Waals surface area contributed by atoms with Gasteiger partial charge in [-0.3, -0.25) is 24.4 Å². The molecular formula is C50H76O6. The van der Waals surface area contributed by atoms with Crippen LogP contribution >= 0.6 is 0 Å². The van der Waals surface area contributed by atoms with E-state index >= 15 is 19.2 Å². The van der Waals surface area contributed by atoms with Gasteiger partial charge in [-0.25, -0.2) is 4.89 Å². The first-order valence-corrected chi connectivity index (χ1v) is 21.7. The van der Waals surface area contributed by atoms with E-state index in [-0.39, 0.29) is 48.6 Å². The van der Waals surface area contributed by atoms with Gasteiger partial charge in [-0.2, -0.15) is 0 Å². The van der Waals surface area contributed by atoms with Crippen molar-refractivity contribution < 1.29 is 29.3 Å². The molecule has 0 aromatic carbocycles. The zero-order valence-corrected chi connectivity index (χ0v) is 37.6. The van der Waals surface area contributed by atoms with Crippen molar-refractivity contribution in [2.75, 3.05) is 0 Å². The summed E-state index contributed by atoms with van der Waals surface area (Å²) in [5.74, 6) is -1.40. The third-order valence-corrected chi connectivity index (χ3v) is 14.9. The topological polar surface area (TPSA) is 97.7 Å². The molecule has 1 N–H and O–H groups in total. The molecule has 0 radical (unpaired) electrons. The highest BCUT2D eigenvalue weighted by Gasteiger charge is 2.81. The van der Waals surface area contributed by atoms with Gasteiger partial charge < -0.3 is 0 Å². The summed E-state index contributed by atoms with van der Waals surface area (Å²) in [5, 5.41) is 10.2. The molecule has 0 amide bonds. The summed E-state index contributed by atoms with van der Waals surface area (Å²) in [4.78, 5) is 69.3. The maximum Gasteiger partial charge on any atom is 0.168 e. The number of hydrogen-bond acceptors (Lipinski definition) is 6. The SMILES string of the molecule is CC(C)=CCC[C@]1(C)[C@@H](CC=C(C)C)C[C@]2(CC=C(C)C)C(=O)[C@](CC=C(C)C)(CC3=C[C@@H]4[C@@H](C(C)C)CC[C@@](C)(OO)[C@H]4CC3)C(=O)[C@]1(C(=O)C(C)C)C2=O. The largest absolute Gasteiger partial charge is 0.298 e. The summed E-state index contributed by atoms with van der Waals surface area (Å²) in [6.07, 6.45) is 16.3. The number of fused-ring (bicyclic) bond motifs is 3. The number of ketones is 4. The monoisotopic (exact) mass is 773 g/mol. The van der Waals surface area contributed by atoms with Crippen LogP contribution in [0.5, 0.6) is 0 Å². The van der Waals surface area contributed by atoms with Crippen molar-refractivity contribution in [2.24, 2.45) is 57.2 Å². The van der Waals surface area contributed by atoms with Crippen molar-refractivity contribution in [1.29, 1.82) is 0 Å². The molecule has 0 saturated heterocycles. The fourth-order valence-electron chi connectivity index (χ4n) is 11.7. The van der Waals surface area contributed by atoms with Crippen molar-refractivity contribution >= 4 is 23.1 Å². The number of carbonyl (C=O) groups excluding carboxylic acids is 4. The molecule has 3 saturated carbocycles. The standard InChI is InChI=1S/C50H76O6/c1-31(2)16-15-24-46(13)38(19-17-32(3)4)30-49(27-22-34(7)8)43(52)48(26-21-33(5)6,44(53)50(46,45(49)54)42(51)36(11)12)29-37-18-20-41-40(28-37)39(35(9)10)23-25-47(41,14)56-55/h16-17,21-22,28,35-36,38-41,55H,15,18-20,23-27,29-30H2,1-14H3/t38-,39+,40+,41-,46+,47+,48-,49+,50+/m0/s1. The molecule has 0 aromatic rings. The van der Waals surface area contributed by atoms with Gasteiger partial charge in [-0.1, -0.05) is 92.9 Å². The van der Waals surface area contributed by atoms with E-state index in [1.165, 1.54) is 0 Å². The van der Waals surface area contributed by atoms with Crippen LogP contribution in [0.25, 0.3) is 0 Å². The van der Waals surface area contributed by atoms with Crippen LogP contribution in [-0.4, -0.2) is 34.0 Å². The smallest absolute Gasteiger partial charge is 0.168 e. The lowest BCUT2D eigenvalue weighted by Gasteiger charge is -2.64. The highest BCUT2D eigenvalue weighted by molar-refractivity contribution is 6.40. The summed E-state index contributed by atoms with van der Waals surface area (Å²) in [6.45, 7) is 28.3. The molecule has 56 heavy (non-hydrogen) atoms. The number of hydrogen-bond donors (Lipinski definition) is 1. The van der Waals surface area contributed by atoms with Gasteiger partial charge in [0.25, 0.3) is 0 Å². The van der Waals surface area contributed by atoms with Crippen LogP contribution in [0.4, 0.5) is 0 Å². The Morgan fingerprint density at radius 3 is 1.95 bits per heavy atom. The van der Waals surface area contributed by atoms with Crippen molar-refractivity contribution in [1.82, 2.24) is 0 Å². The van der Waals surface area contributed by atoms with E-state index < -0.39 is 44.7 Å². The lowest BCUT2D eigenvalue weighted by molar-refractivity contribution is -0.346. The van der Waals surface area contributed by atoms with Gasteiger partial charge in [0, 0.05) is 5.92 Å². The van der Waals surface area contributed by atoms with Gasteiger partial charge in [0.15, 0.2) is 28.5 Å². The van der Waals surface area contributed by atoms with Crippen molar-refractivity contribution in [3.8, 4) is 0 Å². The second-order valence-corrected chi connectivity index (χ2v) is 20.6. The number of Topliss-reactive ketones (excluding diaryl/α,β-unsaturated/α-hetero) is 4. The first-order valence-electron chi connectivity index (χ1n) is 21.7. The van der Waals surface area contributed by atoms with E-state index in [1.54, 1.807) is 0 Å². The summed E-state index contributed by atoms with van der Waals surface area (Å²) in [7, 11) is 0. The van der Waals surface area contributed by atoms with Gasteiger partial charge in [-0.05, 0) is 168 Å². The molecule has 9 atom stereocenters. The van der Waals surface area contributed by atoms with Gasteiger partial charge in [0.2, 0.25) is 0 Å².